The fourth-order valence-corrected chi connectivity index (χ4v) is 4.83. The highest BCUT2D eigenvalue weighted by Gasteiger charge is 2.40. The van der Waals surface area contributed by atoms with Crippen molar-refractivity contribution >= 4 is 45.7 Å². The van der Waals surface area contributed by atoms with Crippen LogP contribution in [0.4, 0.5) is 0 Å². The molecule has 0 radical (unpaired) electrons. The maximum absolute atomic E-state index is 12.9. The standard InChI is InChI=1S/C22H28IN3O3S/c1-13(15-5-7-16(8-6-15)20-14(2)24-12-30-20)25-21(29)18-9-17(27)11-26(18)19(28)10-22(3,4)23/h5-8,12-13,17-18,27H,9-11H2,1-4H3,(H,25,29)/t13-,17+,18-/m0/s1. The molecule has 0 unspecified atom stereocenters. The number of likely N-dealkylation sites (tertiary alicyclic amines) is 1. The minimum absolute atomic E-state index is 0.0944. The second-order valence-electron chi connectivity index (χ2n) is 8.47. The number of carbonyl (C=O) groups is 2. The lowest BCUT2D eigenvalue weighted by Crippen LogP contribution is -2.47. The molecule has 3 rings (SSSR count). The van der Waals surface area contributed by atoms with E-state index in [-0.39, 0.29) is 34.2 Å². The fraction of sp³-hybridized carbons (Fsp3) is 0.500. The van der Waals surface area contributed by atoms with E-state index >= 15 is 0 Å². The van der Waals surface area contributed by atoms with Gasteiger partial charge < -0.3 is 15.3 Å². The lowest BCUT2D eigenvalue weighted by atomic mass is 10.0. The van der Waals surface area contributed by atoms with E-state index < -0.39 is 12.1 Å². The molecule has 1 aromatic heterocycles. The van der Waals surface area contributed by atoms with Crippen LogP contribution in [-0.2, 0) is 9.59 Å². The van der Waals surface area contributed by atoms with Crippen molar-refractivity contribution in [3.05, 3.63) is 41.0 Å². The van der Waals surface area contributed by atoms with Gasteiger partial charge in [0.1, 0.15) is 6.04 Å². The Morgan fingerprint density at radius 1 is 1.37 bits per heavy atom. The summed E-state index contributed by atoms with van der Waals surface area (Å²) in [6, 6.07) is 7.25. The first-order chi connectivity index (χ1) is 14.0. The number of aromatic nitrogens is 1. The number of benzene rings is 1. The molecule has 6 nitrogen and oxygen atoms in total. The van der Waals surface area contributed by atoms with E-state index in [1.54, 1.807) is 11.3 Å². The van der Waals surface area contributed by atoms with Crippen LogP contribution in [-0.4, -0.2) is 48.9 Å². The highest BCUT2D eigenvalue weighted by molar-refractivity contribution is 14.1. The Labute approximate surface area is 195 Å². The first-order valence-corrected chi connectivity index (χ1v) is 12.0. The smallest absolute Gasteiger partial charge is 0.243 e. The van der Waals surface area contributed by atoms with Crippen LogP contribution < -0.4 is 5.32 Å². The molecule has 0 spiro atoms. The molecule has 0 saturated carbocycles. The molecule has 0 aliphatic carbocycles. The first kappa shape index (κ1) is 23.1. The molecule has 1 aromatic carbocycles. The molecular weight excluding hydrogens is 513 g/mol. The highest BCUT2D eigenvalue weighted by Crippen LogP contribution is 2.29. The summed E-state index contributed by atoms with van der Waals surface area (Å²) in [6.45, 7) is 8.08. The number of thiazole rings is 1. The quantitative estimate of drug-likeness (QED) is 0.430. The van der Waals surface area contributed by atoms with Crippen molar-refractivity contribution in [3.8, 4) is 10.4 Å². The maximum Gasteiger partial charge on any atom is 0.243 e. The van der Waals surface area contributed by atoms with E-state index in [0.717, 1.165) is 21.7 Å². The number of amides is 2. The van der Waals surface area contributed by atoms with Crippen LogP contribution in [0.25, 0.3) is 10.4 Å². The monoisotopic (exact) mass is 541 g/mol. The Hall–Kier alpha value is -1.52. The number of aliphatic hydroxyl groups is 1. The second kappa shape index (κ2) is 9.32. The molecule has 1 saturated heterocycles. The average molecular weight is 541 g/mol. The van der Waals surface area contributed by atoms with E-state index in [2.05, 4.69) is 32.9 Å². The molecule has 2 aromatic rings. The van der Waals surface area contributed by atoms with E-state index in [4.69, 9.17) is 0 Å². The predicted molar refractivity (Wildman–Crippen MR) is 128 cm³/mol. The number of aliphatic hydroxyl groups excluding tert-OH is 1. The molecule has 1 fully saturated rings. The third-order valence-corrected chi connectivity index (χ3v) is 6.61. The summed E-state index contributed by atoms with van der Waals surface area (Å²) in [6.07, 6.45) is -0.0626. The lowest BCUT2D eigenvalue weighted by Gasteiger charge is -2.27. The van der Waals surface area contributed by atoms with Gasteiger partial charge in [-0.05, 0) is 25.0 Å². The Kier molecular flexibility index (Phi) is 7.19. The summed E-state index contributed by atoms with van der Waals surface area (Å²) in [5.74, 6) is -0.316. The van der Waals surface area contributed by atoms with Gasteiger partial charge in [-0.1, -0.05) is 60.7 Å². The number of nitrogens with one attached hydrogen (secondary N) is 1. The van der Waals surface area contributed by atoms with E-state index in [1.807, 2.05) is 57.5 Å². The van der Waals surface area contributed by atoms with E-state index in [9.17, 15) is 14.7 Å². The topological polar surface area (TPSA) is 82.5 Å². The zero-order chi connectivity index (χ0) is 22.1. The number of alkyl halides is 1. The van der Waals surface area contributed by atoms with Crippen molar-refractivity contribution in [2.45, 2.75) is 62.1 Å². The van der Waals surface area contributed by atoms with Gasteiger partial charge in [-0.2, -0.15) is 0 Å². The summed E-state index contributed by atoms with van der Waals surface area (Å²) in [5.41, 5.74) is 4.94. The molecule has 1 aliphatic rings. The van der Waals surface area contributed by atoms with Crippen molar-refractivity contribution < 1.29 is 14.7 Å². The number of β-amino-alcohol motifs (C(OH)–C–C–N with tert-alkyl or cyclic N) is 1. The van der Waals surface area contributed by atoms with Gasteiger partial charge in [-0.3, -0.25) is 9.59 Å². The normalized spacial score (nSPS) is 20.3. The van der Waals surface area contributed by atoms with Crippen molar-refractivity contribution in [1.82, 2.24) is 15.2 Å². The highest BCUT2D eigenvalue weighted by atomic mass is 127. The molecular formula is C22H28IN3O3S. The van der Waals surface area contributed by atoms with Crippen LogP contribution in [0, 0.1) is 6.92 Å². The summed E-state index contributed by atoms with van der Waals surface area (Å²) in [4.78, 5) is 32.6. The van der Waals surface area contributed by atoms with Gasteiger partial charge >= 0.3 is 0 Å². The molecule has 2 N–H and O–H groups in total. The Morgan fingerprint density at radius 3 is 2.60 bits per heavy atom. The van der Waals surface area contributed by atoms with Gasteiger partial charge in [0.15, 0.2) is 0 Å². The average Bonchev–Trinajstić information content (AvgIpc) is 3.26. The third kappa shape index (κ3) is 5.59. The maximum atomic E-state index is 12.9. The molecule has 8 heteroatoms. The Balaban J connectivity index is 1.66. The summed E-state index contributed by atoms with van der Waals surface area (Å²) >= 11 is 3.84. The number of hydrogen-bond acceptors (Lipinski definition) is 5. The van der Waals surface area contributed by atoms with Crippen LogP contribution in [0.1, 0.15) is 50.9 Å². The van der Waals surface area contributed by atoms with Crippen molar-refractivity contribution in [2.75, 3.05) is 6.54 Å². The third-order valence-electron chi connectivity index (χ3n) is 5.25. The number of nitrogens with zero attached hydrogens (tertiary/aromatic N) is 2. The number of rotatable bonds is 6. The van der Waals surface area contributed by atoms with Gasteiger partial charge in [0.05, 0.1) is 28.2 Å². The number of aryl methyl sites for hydroxylation is 1. The number of halogens is 1. The summed E-state index contributed by atoms with van der Waals surface area (Å²) in [5, 5.41) is 13.1. The molecule has 2 amide bonds. The van der Waals surface area contributed by atoms with Crippen LogP contribution in [0.5, 0.6) is 0 Å². The first-order valence-electron chi connectivity index (χ1n) is 10.0. The Morgan fingerprint density at radius 2 is 2.03 bits per heavy atom. The zero-order valence-corrected chi connectivity index (χ0v) is 20.7. The van der Waals surface area contributed by atoms with E-state index in [1.165, 1.54) is 4.90 Å². The number of carbonyl (C=O) groups excluding carboxylic acids is 2. The molecule has 30 heavy (non-hydrogen) atoms. The zero-order valence-electron chi connectivity index (χ0n) is 17.7. The van der Waals surface area contributed by atoms with Crippen molar-refractivity contribution in [3.63, 3.8) is 0 Å². The summed E-state index contributed by atoms with van der Waals surface area (Å²) < 4.78 is -0.200. The van der Waals surface area contributed by atoms with E-state index in [0.29, 0.717) is 6.42 Å². The van der Waals surface area contributed by atoms with Crippen molar-refractivity contribution in [2.24, 2.45) is 0 Å². The van der Waals surface area contributed by atoms with Gasteiger partial charge in [0.2, 0.25) is 11.8 Å². The molecule has 162 valence electrons. The van der Waals surface area contributed by atoms with Gasteiger partial charge in [0.25, 0.3) is 0 Å². The van der Waals surface area contributed by atoms with Crippen LogP contribution in [0.15, 0.2) is 29.8 Å². The largest absolute Gasteiger partial charge is 0.391 e. The molecule has 2 heterocycles. The summed E-state index contributed by atoms with van der Waals surface area (Å²) in [7, 11) is 0. The molecule has 1 aliphatic heterocycles. The van der Waals surface area contributed by atoms with Crippen LogP contribution in [0.3, 0.4) is 0 Å². The molecule has 3 atom stereocenters. The minimum Gasteiger partial charge on any atom is -0.391 e. The van der Waals surface area contributed by atoms with Crippen LogP contribution in [0.2, 0.25) is 0 Å². The van der Waals surface area contributed by atoms with Gasteiger partial charge in [-0.25, -0.2) is 4.98 Å². The fourth-order valence-electron chi connectivity index (χ4n) is 3.69. The lowest BCUT2D eigenvalue weighted by molar-refractivity contribution is -0.139. The predicted octanol–water partition coefficient (Wildman–Crippen LogP) is 3.86. The van der Waals surface area contributed by atoms with Gasteiger partial charge in [0, 0.05) is 22.8 Å². The minimum atomic E-state index is -0.667. The molecule has 0 bridgehead atoms. The van der Waals surface area contributed by atoms with Crippen molar-refractivity contribution in [1.29, 1.82) is 0 Å². The SMILES string of the molecule is Cc1ncsc1-c1ccc([C@H](C)NC(=O)[C@@H]2C[C@@H](O)CN2C(=O)CC(C)(C)I)cc1. The second-order valence-corrected chi connectivity index (χ2v) is 12.2. The van der Waals surface area contributed by atoms with Gasteiger partial charge in [-0.15, -0.1) is 11.3 Å². The Bertz CT molecular complexity index is 907. The number of hydrogen-bond donors (Lipinski definition) is 2. The van der Waals surface area contributed by atoms with Crippen LogP contribution >= 0.6 is 33.9 Å².